The quantitative estimate of drug-likeness (QED) is 0.0422. The Morgan fingerprint density at radius 3 is 1.67 bits per heavy atom. The minimum absolute atomic E-state index is 0.847. The summed E-state index contributed by atoms with van der Waals surface area (Å²) in [5, 5.41) is 191. The number of carboxylic acid groups (broad SMARTS) is 1. The molecule has 492 valence electrons. The maximum absolute atomic E-state index is 13.1. The van der Waals surface area contributed by atoms with Gasteiger partial charge in [-0.1, -0.05) is 0 Å². The zero-order valence-corrected chi connectivity index (χ0v) is 46.2. The lowest BCUT2D eigenvalue weighted by atomic mass is 9.88. The van der Waals surface area contributed by atoms with Crippen LogP contribution in [0.15, 0.2) is 0 Å². The normalized spacial score (nSPS) is 45.2. The zero-order chi connectivity index (χ0) is 63.5. The van der Waals surface area contributed by atoms with Crippen molar-refractivity contribution >= 4 is 34.1 Å². The summed E-state index contributed by atoms with van der Waals surface area (Å²) in [4.78, 5) is 50.4. The molecule has 31 atom stereocenters. The number of hydrogen-bond acceptors (Lipinski definition) is 34. The van der Waals surface area contributed by atoms with Gasteiger partial charge in [0.05, 0.1) is 51.3 Å². The van der Waals surface area contributed by atoms with Crippen molar-refractivity contribution in [2.75, 3.05) is 33.0 Å². The van der Waals surface area contributed by atoms with Crippen molar-refractivity contribution in [3.05, 3.63) is 0 Å². The van der Waals surface area contributed by atoms with Crippen molar-refractivity contribution in [3.8, 4) is 0 Å². The largest absolute Gasteiger partial charge is 0.477 e. The molecule has 0 saturated carbocycles. The van der Waals surface area contributed by atoms with E-state index in [0.717, 1.165) is 20.8 Å². The van der Waals surface area contributed by atoms with Crippen molar-refractivity contribution in [1.29, 1.82) is 0 Å². The van der Waals surface area contributed by atoms with Gasteiger partial charge in [0.25, 0.3) is 5.79 Å². The average molecular weight is 1270 g/mol. The molecule has 0 aromatic rings. The van der Waals surface area contributed by atoms with Gasteiger partial charge < -0.3 is 155 Å². The molecule has 6 saturated heterocycles. The second kappa shape index (κ2) is 29.5. The second-order valence-corrected chi connectivity index (χ2v) is 22.0. The number of aliphatic hydroxyl groups excluding tert-OH is 16. The topological polar surface area (TPSA) is 613 Å². The predicted octanol–water partition coefficient (Wildman–Crippen LogP) is -13.6. The van der Waals surface area contributed by atoms with Gasteiger partial charge in [-0.3, -0.25) is 18.9 Å². The molecule has 0 aromatic heterocycles. The first-order valence-corrected chi connectivity index (χ1v) is 27.6. The van der Waals surface area contributed by atoms with Gasteiger partial charge in [-0.15, -0.1) is 0 Å². The molecule has 0 spiro atoms. The van der Waals surface area contributed by atoms with E-state index < -0.39 is 263 Å². The van der Waals surface area contributed by atoms with Crippen molar-refractivity contribution in [1.82, 2.24) is 16.0 Å². The molecular weight excluding hydrogens is 1190 g/mol. The van der Waals surface area contributed by atoms with E-state index in [0.29, 0.717) is 0 Å². The molecule has 40 heteroatoms. The number of hydrogen-bond donors (Lipinski definition) is 21. The lowest BCUT2D eigenvalue weighted by molar-refractivity contribution is -0.385. The second-order valence-electron chi connectivity index (χ2n) is 20.9. The number of aliphatic carboxylic acids is 1. The van der Waals surface area contributed by atoms with Crippen LogP contribution in [0, 0.1) is 0 Å². The van der Waals surface area contributed by atoms with E-state index in [1.54, 1.807) is 0 Å². The van der Waals surface area contributed by atoms with Gasteiger partial charge in [-0.25, -0.2) is 8.98 Å². The maximum Gasteiger partial charge on any atom is 0.397 e. The van der Waals surface area contributed by atoms with Gasteiger partial charge in [-0.05, 0) is 6.92 Å². The van der Waals surface area contributed by atoms with Crippen LogP contribution in [0.4, 0.5) is 0 Å². The highest BCUT2D eigenvalue weighted by atomic mass is 32.3. The SMILES string of the molecule is CC(=O)N[C@@H]1[C@@H](O[C@@H]2O[C@H](CO)[C@H](O)[C@H](O[C@]3(C(=O)O)C[C@H](O)[C@@H](NC(C)=O)[C@H]([C@H](O)[C@H](O)CO)O3)[C@H]2O)[C@@H](O)[C@@H](CO[C@@H]2O[C@H](COS(=O)(=O)O)[C@@H](O[C@@H]3O[C@H](CO)[C@H](O)[C@H](O)[C@H]3O[C@@H]3O[C@@H](C)[C@@H](O)[C@@H](O)[C@@H]3O)[C@H](O)[C@H]2NC(C)=O)O[C@@H]1O. The first-order valence-electron chi connectivity index (χ1n) is 26.2. The van der Waals surface area contributed by atoms with Crippen LogP contribution in [0.3, 0.4) is 0 Å². The maximum atomic E-state index is 13.1. The highest BCUT2D eigenvalue weighted by Gasteiger charge is 2.61. The summed E-state index contributed by atoms with van der Waals surface area (Å²) in [6.07, 6.45) is -56.8. The summed E-state index contributed by atoms with van der Waals surface area (Å²) in [5.41, 5.74) is 0. The Hall–Kier alpha value is -3.33. The molecule has 0 aliphatic carbocycles. The van der Waals surface area contributed by atoms with E-state index >= 15 is 0 Å². The van der Waals surface area contributed by atoms with Crippen molar-refractivity contribution in [2.24, 2.45) is 0 Å². The summed E-state index contributed by atoms with van der Waals surface area (Å²) in [6.45, 7) is -1.62. The summed E-state index contributed by atoms with van der Waals surface area (Å²) >= 11 is 0. The van der Waals surface area contributed by atoms with Crippen LogP contribution in [0.2, 0.25) is 0 Å². The molecule has 0 aromatic carbocycles. The number of nitrogens with one attached hydrogen (secondary N) is 3. The summed E-state index contributed by atoms with van der Waals surface area (Å²) < 4.78 is 101. The monoisotopic (exact) mass is 1270 g/mol. The summed E-state index contributed by atoms with van der Waals surface area (Å²) in [6, 6.07) is -5.47. The Bertz CT molecular complexity index is 2340. The Morgan fingerprint density at radius 2 is 1.09 bits per heavy atom. The highest BCUT2D eigenvalue weighted by molar-refractivity contribution is 7.80. The Morgan fingerprint density at radius 1 is 0.565 bits per heavy atom. The molecule has 0 bridgehead atoms. The Labute approximate surface area is 481 Å². The van der Waals surface area contributed by atoms with Gasteiger partial charge in [-0.2, -0.15) is 8.42 Å². The molecule has 3 amide bonds. The lowest BCUT2D eigenvalue weighted by Crippen LogP contribution is -2.71. The summed E-state index contributed by atoms with van der Waals surface area (Å²) in [7, 11) is -5.40. The molecule has 0 radical (unpaired) electrons. The third-order valence-electron chi connectivity index (χ3n) is 14.8. The molecule has 6 rings (SSSR count). The van der Waals surface area contributed by atoms with E-state index in [2.05, 4.69) is 20.1 Å². The first-order chi connectivity index (χ1) is 39.7. The number of aliphatic hydroxyl groups is 16. The van der Waals surface area contributed by atoms with E-state index in [1.807, 2.05) is 0 Å². The van der Waals surface area contributed by atoms with Gasteiger partial charge in [0.2, 0.25) is 17.7 Å². The van der Waals surface area contributed by atoms with Crippen LogP contribution in [-0.2, 0) is 85.9 Å². The molecule has 0 unspecified atom stereocenters. The molecule has 6 aliphatic heterocycles. The molecule has 85 heavy (non-hydrogen) atoms. The molecular formula is C45H75N3O36S. The highest BCUT2D eigenvalue weighted by Crippen LogP contribution is 2.40. The number of carbonyl (C=O) groups is 4. The molecule has 6 fully saturated rings. The number of carbonyl (C=O) groups excluding carboxylic acids is 3. The lowest BCUT2D eigenvalue weighted by Gasteiger charge is -2.51. The van der Waals surface area contributed by atoms with E-state index in [9.17, 15) is 119 Å². The minimum Gasteiger partial charge on any atom is -0.477 e. The number of amides is 3. The van der Waals surface area contributed by atoms with Crippen molar-refractivity contribution in [3.63, 3.8) is 0 Å². The number of rotatable bonds is 23. The van der Waals surface area contributed by atoms with Crippen LogP contribution in [0.5, 0.6) is 0 Å². The van der Waals surface area contributed by atoms with Crippen molar-refractivity contribution < 1.29 is 175 Å². The van der Waals surface area contributed by atoms with Crippen LogP contribution in [0.25, 0.3) is 0 Å². The Kier molecular flexibility index (Phi) is 24.6. The minimum atomic E-state index is -5.40. The molecule has 6 aliphatic rings. The van der Waals surface area contributed by atoms with Crippen LogP contribution in [-0.4, -0.2) is 346 Å². The summed E-state index contributed by atoms with van der Waals surface area (Å²) in [5.74, 6) is -8.06. The fourth-order valence-corrected chi connectivity index (χ4v) is 10.7. The zero-order valence-electron chi connectivity index (χ0n) is 45.4. The van der Waals surface area contributed by atoms with Gasteiger partial charge >= 0.3 is 16.4 Å². The number of ether oxygens (including phenoxy) is 11. The van der Waals surface area contributed by atoms with E-state index in [-0.39, 0.29) is 0 Å². The van der Waals surface area contributed by atoms with Crippen LogP contribution >= 0.6 is 0 Å². The van der Waals surface area contributed by atoms with Gasteiger partial charge in [0, 0.05) is 27.2 Å². The van der Waals surface area contributed by atoms with Crippen LogP contribution < -0.4 is 16.0 Å². The van der Waals surface area contributed by atoms with Gasteiger partial charge in [0.1, 0.15) is 134 Å². The third-order valence-corrected chi connectivity index (χ3v) is 15.2. The first kappa shape index (κ1) is 70.8. The van der Waals surface area contributed by atoms with Crippen LogP contribution in [0.1, 0.15) is 34.1 Å². The molecule has 21 N–H and O–H groups in total. The predicted molar refractivity (Wildman–Crippen MR) is 260 cm³/mol. The number of carboxylic acids is 1. The third kappa shape index (κ3) is 16.4. The van der Waals surface area contributed by atoms with E-state index in [4.69, 9.17) is 52.1 Å². The Balaban J connectivity index is 1.27. The smallest absolute Gasteiger partial charge is 0.397 e. The van der Waals surface area contributed by atoms with E-state index in [1.165, 1.54) is 6.92 Å². The fourth-order valence-electron chi connectivity index (χ4n) is 10.4. The van der Waals surface area contributed by atoms with Gasteiger partial charge in [0.15, 0.2) is 31.5 Å². The molecule has 6 heterocycles. The average Bonchev–Trinajstić information content (AvgIpc) is 1.61. The standard InChI is InChI=1S/C45H75N3O36S/c1-11-24(57)30(63)32(65)41(75-11)82-38-31(64)26(59)17(7-50)78-43(38)80-34-20(10-74-85(70,71)72)79-40(22(29(34)62)47-13(3)53)73-9-19-28(61)35(23(39(67)76-19)48-14(4)54)81-42-33(66)37(27(60)18(8-51)77-42)84-45(44(68)69)5-15(55)21(46-12(2)52)36(83-45)25(58)16(56)6-49/h11,15-43,49-51,55-67H,5-10H2,1-4H3,(H,46,52)(H,47,53)(H,48,54)(H,68,69)(H,70,71,72)/t11-,15-,16+,17+,18+,19+,20+,21+,22+,23+,24+,25+,26-,27-,28-,29+,30+,31-,32-,33+,34+,35+,36+,37-,38+,39-,40+,41-,42-,43-,45-/m0/s1. The fraction of sp³-hybridized carbons (Fsp3) is 0.911. The molecule has 39 nitrogen and oxygen atoms in total. The van der Waals surface area contributed by atoms with Crippen molar-refractivity contribution in [2.45, 2.75) is 224 Å².